The topological polar surface area (TPSA) is 69.0 Å². The van der Waals surface area contributed by atoms with Gasteiger partial charge in [-0.2, -0.15) is 0 Å². The molecule has 1 aliphatic rings. The fourth-order valence-electron chi connectivity index (χ4n) is 2.34. The average Bonchev–Trinajstić information content (AvgIpc) is 2.89. The van der Waals surface area contributed by atoms with Crippen molar-refractivity contribution in [3.8, 4) is 0 Å². The molecule has 3 heterocycles. The Morgan fingerprint density at radius 2 is 2.19 bits per heavy atom. The van der Waals surface area contributed by atoms with Gasteiger partial charge in [0, 0.05) is 19.3 Å². The lowest BCUT2D eigenvalue weighted by molar-refractivity contribution is -0.142. The third-order valence-electron chi connectivity index (χ3n) is 3.34. The van der Waals surface area contributed by atoms with Crippen LogP contribution >= 0.6 is 0 Å². The summed E-state index contributed by atoms with van der Waals surface area (Å²) in [6.45, 7) is 5.29. The van der Waals surface area contributed by atoms with Gasteiger partial charge >= 0.3 is 5.97 Å². The summed E-state index contributed by atoms with van der Waals surface area (Å²) in [6.07, 6.45) is 5.68. The highest BCUT2D eigenvalue weighted by atomic mass is 16.5. The second-order valence-electron chi connectivity index (χ2n) is 4.82. The van der Waals surface area contributed by atoms with Crippen LogP contribution in [0.15, 0.2) is 18.6 Å². The van der Waals surface area contributed by atoms with Crippen LogP contribution in [-0.4, -0.2) is 53.2 Å². The van der Waals surface area contributed by atoms with Crippen LogP contribution in [0.3, 0.4) is 0 Å². The normalized spacial score (nSPS) is 15.4. The highest BCUT2D eigenvalue weighted by Crippen LogP contribution is 2.14. The predicted octanol–water partition coefficient (Wildman–Crippen LogP) is 0.671. The predicted molar refractivity (Wildman–Crippen MR) is 76.4 cm³/mol. The van der Waals surface area contributed by atoms with Crippen LogP contribution in [0.2, 0.25) is 0 Å². The number of rotatable bonds is 4. The molecule has 7 heteroatoms. The number of hydrogen-bond acceptors (Lipinski definition) is 6. The van der Waals surface area contributed by atoms with Crippen molar-refractivity contribution in [3.05, 3.63) is 24.3 Å². The van der Waals surface area contributed by atoms with Gasteiger partial charge in [-0.05, 0) is 6.92 Å². The van der Waals surface area contributed by atoms with Gasteiger partial charge < -0.3 is 18.8 Å². The third kappa shape index (κ3) is 3.13. The van der Waals surface area contributed by atoms with Crippen molar-refractivity contribution in [2.24, 2.45) is 0 Å². The van der Waals surface area contributed by atoms with Crippen molar-refractivity contribution >= 4 is 17.4 Å². The minimum atomic E-state index is -0.262. The SMILES string of the molecule is CCOC(=O)Cc1cn2cc(N3CCOCC3)ncc2n1. The Kier molecular flexibility index (Phi) is 4.01. The third-order valence-corrected chi connectivity index (χ3v) is 3.34. The number of imidazole rings is 1. The van der Waals surface area contributed by atoms with Crippen LogP contribution in [0.1, 0.15) is 12.6 Å². The molecule has 21 heavy (non-hydrogen) atoms. The number of aromatic nitrogens is 3. The molecule has 7 nitrogen and oxygen atoms in total. The van der Waals surface area contributed by atoms with Crippen molar-refractivity contribution < 1.29 is 14.3 Å². The van der Waals surface area contributed by atoms with Crippen LogP contribution in [0.25, 0.3) is 5.65 Å². The van der Waals surface area contributed by atoms with Gasteiger partial charge in [0.1, 0.15) is 5.82 Å². The number of fused-ring (bicyclic) bond motifs is 1. The van der Waals surface area contributed by atoms with Gasteiger partial charge in [-0.25, -0.2) is 9.97 Å². The van der Waals surface area contributed by atoms with Crippen LogP contribution in [0.4, 0.5) is 5.82 Å². The summed E-state index contributed by atoms with van der Waals surface area (Å²) < 4.78 is 12.2. The number of carbonyl (C=O) groups is 1. The Hall–Kier alpha value is -2.15. The van der Waals surface area contributed by atoms with Crippen molar-refractivity contribution in [2.45, 2.75) is 13.3 Å². The highest BCUT2D eigenvalue weighted by molar-refractivity contribution is 5.72. The summed E-state index contributed by atoms with van der Waals surface area (Å²) in [5.41, 5.74) is 1.42. The van der Waals surface area contributed by atoms with Gasteiger partial charge in [-0.15, -0.1) is 0 Å². The Bertz CT molecular complexity index is 634. The fourth-order valence-corrected chi connectivity index (χ4v) is 2.34. The van der Waals surface area contributed by atoms with E-state index in [1.54, 1.807) is 13.1 Å². The number of hydrogen-bond donors (Lipinski definition) is 0. The van der Waals surface area contributed by atoms with E-state index in [1.807, 2.05) is 16.8 Å². The molecule has 0 atom stereocenters. The molecule has 112 valence electrons. The second-order valence-corrected chi connectivity index (χ2v) is 4.82. The number of anilines is 1. The first-order valence-corrected chi connectivity index (χ1v) is 7.08. The zero-order valence-electron chi connectivity index (χ0n) is 12.0. The maximum atomic E-state index is 11.5. The summed E-state index contributed by atoms with van der Waals surface area (Å²) >= 11 is 0. The van der Waals surface area contributed by atoms with Crippen LogP contribution < -0.4 is 4.90 Å². The minimum Gasteiger partial charge on any atom is -0.466 e. The molecule has 3 rings (SSSR count). The number of carbonyl (C=O) groups excluding carboxylic acids is 1. The monoisotopic (exact) mass is 290 g/mol. The molecule has 2 aromatic heterocycles. The van der Waals surface area contributed by atoms with E-state index in [2.05, 4.69) is 14.9 Å². The standard InChI is InChI=1S/C14H18N4O3/c1-2-21-14(19)7-11-9-18-10-13(15-8-12(18)16-11)17-3-5-20-6-4-17/h8-10H,2-7H2,1H3. The van der Waals surface area contributed by atoms with E-state index in [-0.39, 0.29) is 12.4 Å². The van der Waals surface area contributed by atoms with Crippen LogP contribution in [-0.2, 0) is 20.7 Å². The van der Waals surface area contributed by atoms with Crippen LogP contribution in [0.5, 0.6) is 0 Å². The highest BCUT2D eigenvalue weighted by Gasteiger charge is 2.14. The molecule has 2 aromatic rings. The summed E-state index contributed by atoms with van der Waals surface area (Å²) in [5.74, 6) is 0.633. The molecule has 0 bridgehead atoms. The zero-order chi connectivity index (χ0) is 14.7. The molecular weight excluding hydrogens is 272 g/mol. The van der Waals surface area contributed by atoms with Gasteiger partial charge in [-0.1, -0.05) is 0 Å². The lowest BCUT2D eigenvalue weighted by Crippen LogP contribution is -2.36. The maximum Gasteiger partial charge on any atom is 0.311 e. The van der Waals surface area contributed by atoms with Gasteiger partial charge in [0.25, 0.3) is 0 Å². The summed E-state index contributed by atoms with van der Waals surface area (Å²) in [5, 5.41) is 0. The Morgan fingerprint density at radius 3 is 2.95 bits per heavy atom. The Morgan fingerprint density at radius 1 is 1.38 bits per heavy atom. The quantitative estimate of drug-likeness (QED) is 0.771. The summed E-state index contributed by atoms with van der Waals surface area (Å²) in [7, 11) is 0. The molecule has 1 saturated heterocycles. The Labute approximate surface area is 122 Å². The van der Waals surface area contributed by atoms with Crippen molar-refractivity contribution in [1.82, 2.24) is 14.4 Å². The van der Waals surface area contributed by atoms with Gasteiger partial charge in [0.2, 0.25) is 0 Å². The molecule has 0 unspecified atom stereocenters. The Balaban J connectivity index is 1.79. The first-order chi connectivity index (χ1) is 10.3. The van der Waals surface area contributed by atoms with Crippen molar-refractivity contribution in [2.75, 3.05) is 37.8 Å². The number of ether oxygens (including phenoxy) is 2. The van der Waals surface area contributed by atoms with Crippen molar-refractivity contribution in [1.29, 1.82) is 0 Å². The van der Waals surface area contributed by atoms with Crippen molar-refractivity contribution in [3.63, 3.8) is 0 Å². The zero-order valence-corrected chi connectivity index (χ0v) is 12.0. The van der Waals surface area contributed by atoms with E-state index in [4.69, 9.17) is 9.47 Å². The molecule has 0 saturated carbocycles. The maximum absolute atomic E-state index is 11.5. The lowest BCUT2D eigenvalue weighted by Gasteiger charge is -2.27. The molecule has 1 fully saturated rings. The molecule has 0 aliphatic carbocycles. The van der Waals surface area contributed by atoms with Gasteiger partial charge in [0.05, 0.1) is 44.3 Å². The van der Waals surface area contributed by atoms with Gasteiger partial charge in [-0.3, -0.25) is 4.79 Å². The largest absolute Gasteiger partial charge is 0.466 e. The van der Waals surface area contributed by atoms with E-state index < -0.39 is 0 Å². The van der Waals surface area contributed by atoms with E-state index in [1.165, 1.54) is 0 Å². The van der Waals surface area contributed by atoms with E-state index in [0.29, 0.717) is 12.3 Å². The molecule has 0 N–H and O–H groups in total. The minimum absolute atomic E-state index is 0.183. The second kappa shape index (κ2) is 6.09. The van der Waals surface area contributed by atoms with E-state index in [9.17, 15) is 4.79 Å². The first-order valence-electron chi connectivity index (χ1n) is 7.08. The molecule has 1 aliphatic heterocycles. The average molecular weight is 290 g/mol. The van der Waals surface area contributed by atoms with Crippen LogP contribution in [0, 0.1) is 0 Å². The number of esters is 1. The fraction of sp³-hybridized carbons (Fsp3) is 0.500. The lowest BCUT2D eigenvalue weighted by atomic mass is 10.3. The molecule has 0 amide bonds. The number of morpholine rings is 1. The molecule has 0 radical (unpaired) electrons. The van der Waals surface area contributed by atoms with E-state index in [0.717, 1.165) is 37.8 Å². The molecule has 0 spiro atoms. The number of nitrogens with zero attached hydrogens (tertiary/aromatic N) is 4. The summed E-state index contributed by atoms with van der Waals surface area (Å²) in [6, 6.07) is 0. The first kappa shape index (κ1) is 13.8. The smallest absolute Gasteiger partial charge is 0.311 e. The van der Waals surface area contributed by atoms with E-state index >= 15 is 0 Å². The molecule has 0 aromatic carbocycles. The molecular formula is C14H18N4O3. The van der Waals surface area contributed by atoms with Gasteiger partial charge in [0.15, 0.2) is 5.65 Å². The summed E-state index contributed by atoms with van der Waals surface area (Å²) in [4.78, 5) is 22.5.